The smallest absolute Gasteiger partial charge is 0.305 e. The molecular formula is C24H29N3O5. The summed E-state index contributed by atoms with van der Waals surface area (Å²) in [7, 11) is 4.28. The first-order valence-electron chi connectivity index (χ1n) is 10.2. The third-order valence-electron chi connectivity index (χ3n) is 5.25. The Morgan fingerprint density at radius 3 is 1.72 bits per heavy atom. The number of hydrogen-bond donors (Lipinski definition) is 2. The third-order valence-corrected chi connectivity index (χ3v) is 5.25. The van der Waals surface area contributed by atoms with Gasteiger partial charge in [0.2, 0.25) is 0 Å². The molecule has 0 fully saturated rings. The molecule has 8 heteroatoms. The summed E-state index contributed by atoms with van der Waals surface area (Å²) in [4.78, 5) is 37.6. The van der Waals surface area contributed by atoms with E-state index in [0.717, 1.165) is 11.1 Å². The Morgan fingerprint density at radius 2 is 1.31 bits per heavy atom. The molecule has 2 aromatic rings. The maximum Gasteiger partial charge on any atom is 0.305 e. The molecule has 2 rings (SSSR count). The summed E-state index contributed by atoms with van der Waals surface area (Å²) >= 11 is 0. The monoisotopic (exact) mass is 439 g/mol. The van der Waals surface area contributed by atoms with Crippen molar-refractivity contribution in [2.45, 2.75) is 19.3 Å². The summed E-state index contributed by atoms with van der Waals surface area (Å²) in [5.41, 5.74) is 8.57. The lowest BCUT2D eigenvalue weighted by atomic mass is 9.97. The molecule has 0 saturated heterocycles. The average molecular weight is 440 g/mol. The minimum Gasteiger partial charge on any atom is -0.469 e. The van der Waals surface area contributed by atoms with Gasteiger partial charge in [0.1, 0.15) is 5.84 Å². The van der Waals surface area contributed by atoms with Crippen molar-refractivity contribution in [3.63, 3.8) is 0 Å². The average Bonchev–Trinajstić information content (AvgIpc) is 2.81. The number of amidine groups is 1. The summed E-state index contributed by atoms with van der Waals surface area (Å²) < 4.78 is 9.39. The van der Waals surface area contributed by atoms with Crippen molar-refractivity contribution in [2.75, 3.05) is 27.8 Å². The molecule has 0 bridgehead atoms. The zero-order valence-corrected chi connectivity index (χ0v) is 18.6. The van der Waals surface area contributed by atoms with Crippen LogP contribution in [0.4, 0.5) is 0 Å². The van der Waals surface area contributed by atoms with Crippen LogP contribution in [0.2, 0.25) is 0 Å². The molecular weight excluding hydrogens is 410 g/mol. The Hall–Kier alpha value is -3.68. The summed E-state index contributed by atoms with van der Waals surface area (Å²) in [6, 6.07) is 14.6. The first-order valence-corrected chi connectivity index (χ1v) is 10.2. The molecule has 0 radical (unpaired) electrons. The van der Waals surface area contributed by atoms with Crippen molar-refractivity contribution < 1.29 is 23.9 Å². The first-order chi connectivity index (χ1) is 15.2. The van der Waals surface area contributed by atoms with Crippen LogP contribution in [0.15, 0.2) is 48.5 Å². The SMILES string of the molecule is COC(=O)CC(CCN(C)C(=O)c1ccc(-c2ccc(C(=N)N)cc2)cc1)CC(=O)OC. The number of nitrogens with one attached hydrogen (secondary N) is 1. The molecule has 1 amide bonds. The largest absolute Gasteiger partial charge is 0.469 e. The van der Waals surface area contributed by atoms with Crippen LogP contribution in [-0.4, -0.2) is 56.4 Å². The molecule has 170 valence electrons. The molecule has 0 aliphatic heterocycles. The zero-order valence-electron chi connectivity index (χ0n) is 18.6. The number of nitrogens with two attached hydrogens (primary N) is 1. The minimum absolute atomic E-state index is 0.0148. The van der Waals surface area contributed by atoms with E-state index in [-0.39, 0.29) is 30.5 Å². The predicted octanol–water partition coefficient (Wildman–Crippen LogP) is 2.84. The predicted molar refractivity (Wildman–Crippen MR) is 121 cm³/mol. The van der Waals surface area contributed by atoms with Gasteiger partial charge in [0.05, 0.1) is 14.2 Å². The van der Waals surface area contributed by atoms with Gasteiger partial charge in [0.15, 0.2) is 0 Å². The molecule has 0 heterocycles. The molecule has 0 aromatic heterocycles. The van der Waals surface area contributed by atoms with Crippen LogP contribution in [-0.2, 0) is 19.1 Å². The van der Waals surface area contributed by atoms with Crippen LogP contribution in [0.1, 0.15) is 35.2 Å². The minimum atomic E-state index is -0.403. The number of benzene rings is 2. The van der Waals surface area contributed by atoms with Gasteiger partial charge in [-0.2, -0.15) is 0 Å². The van der Waals surface area contributed by atoms with Crippen LogP contribution in [0.25, 0.3) is 11.1 Å². The maximum absolute atomic E-state index is 12.8. The van der Waals surface area contributed by atoms with E-state index in [9.17, 15) is 14.4 Å². The molecule has 0 aliphatic rings. The third kappa shape index (κ3) is 6.94. The van der Waals surface area contributed by atoms with E-state index in [1.54, 1.807) is 36.2 Å². The number of rotatable bonds is 10. The van der Waals surface area contributed by atoms with Gasteiger partial charge in [-0.3, -0.25) is 19.8 Å². The summed E-state index contributed by atoms with van der Waals surface area (Å²) in [6.07, 6.45) is 0.641. The van der Waals surface area contributed by atoms with Gasteiger partial charge in [-0.15, -0.1) is 0 Å². The van der Waals surface area contributed by atoms with Gasteiger partial charge in [-0.1, -0.05) is 36.4 Å². The lowest BCUT2D eigenvalue weighted by molar-refractivity contribution is -0.144. The number of nitrogen functional groups attached to an aromatic ring is 1. The first kappa shape index (κ1) is 24.6. The van der Waals surface area contributed by atoms with E-state index in [0.29, 0.717) is 24.1 Å². The zero-order chi connectivity index (χ0) is 23.7. The van der Waals surface area contributed by atoms with Crippen molar-refractivity contribution in [1.29, 1.82) is 5.41 Å². The van der Waals surface area contributed by atoms with Crippen LogP contribution < -0.4 is 5.73 Å². The quantitative estimate of drug-likeness (QED) is 0.333. The highest BCUT2D eigenvalue weighted by Gasteiger charge is 2.21. The van der Waals surface area contributed by atoms with E-state index >= 15 is 0 Å². The van der Waals surface area contributed by atoms with Crippen molar-refractivity contribution in [3.8, 4) is 11.1 Å². The Labute approximate surface area is 187 Å². The van der Waals surface area contributed by atoms with Crippen LogP contribution in [0.3, 0.4) is 0 Å². The molecule has 32 heavy (non-hydrogen) atoms. The van der Waals surface area contributed by atoms with Gasteiger partial charge >= 0.3 is 11.9 Å². The number of carbonyl (C=O) groups is 3. The lowest BCUT2D eigenvalue weighted by Gasteiger charge is -2.21. The Bertz CT molecular complexity index is 937. The highest BCUT2D eigenvalue weighted by molar-refractivity contribution is 5.96. The summed E-state index contributed by atoms with van der Waals surface area (Å²) in [5, 5.41) is 7.46. The molecule has 3 N–H and O–H groups in total. The topological polar surface area (TPSA) is 123 Å². The Morgan fingerprint density at radius 1 is 0.875 bits per heavy atom. The Balaban J connectivity index is 2.00. The van der Waals surface area contributed by atoms with Crippen molar-refractivity contribution in [1.82, 2.24) is 4.90 Å². The molecule has 0 unspecified atom stereocenters. The highest BCUT2D eigenvalue weighted by Crippen LogP contribution is 2.21. The van der Waals surface area contributed by atoms with E-state index in [1.807, 2.05) is 24.3 Å². The van der Waals surface area contributed by atoms with Gasteiger partial charge in [-0.25, -0.2) is 0 Å². The second-order valence-corrected chi connectivity index (χ2v) is 7.51. The fraction of sp³-hybridized carbons (Fsp3) is 0.333. The number of nitrogens with zero attached hydrogens (tertiary/aromatic N) is 1. The molecule has 0 atom stereocenters. The molecule has 8 nitrogen and oxygen atoms in total. The Kier molecular flexibility index (Phi) is 8.95. The van der Waals surface area contributed by atoms with E-state index < -0.39 is 11.9 Å². The van der Waals surface area contributed by atoms with Crippen LogP contribution >= 0.6 is 0 Å². The standard InChI is InChI=1S/C24H29N3O5/c1-27(13-12-16(14-21(28)31-2)15-22(29)32-3)24(30)20-10-6-18(7-11-20)17-4-8-19(9-5-17)23(25)26/h4-11,16H,12-15H2,1-3H3,(H3,25,26). The van der Waals surface area contributed by atoms with Crippen LogP contribution in [0, 0.1) is 11.3 Å². The summed E-state index contributed by atoms with van der Waals surface area (Å²) in [5.74, 6) is -1.22. The second-order valence-electron chi connectivity index (χ2n) is 7.51. The van der Waals surface area contributed by atoms with Gasteiger partial charge in [0.25, 0.3) is 5.91 Å². The summed E-state index contributed by atoms with van der Waals surface area (Å²) in [6.45, 7) is 0.381. The number of methoxy groups -OCH3 is 2. The van der Waals surface area contributed by atoms with Gasteiger partial charge in [-0.05, 0) is 35.6 Å². The van der Waals surface area contributed by atoms with Crippen molar-refractivity contribution >= 4 is 23.7 Å². The number of esters is 2. The highest BCUT2D eigenvalue weighted by atomic mass is 16.5. The van der Waals surface area contributed by atoms with Crippen molar-refractivity contribution in [2.24, 2.45) is 11.7 Å². The van der Waals surface area contributed by atoms with E-state index in [1.165, 1.54) is 14.2 Å². The second kappa shape index (κ2) is 11.6. The number of carbonyl (C=O) groups excluding carboxylic acids is 3. The number of ether oxygens (including phenoxy) is 2. The van der Waals surface area contributed by atoms with E-state index in [2.05, 4.69) is 0 Å². The molecule has 0 aliphatic carbocycles. The normalized spacial score (nSPS) is 10.5. The fourth-order valence-electron chi connectivity index (χ4n) is 3.26. The number of amides is 1. The van der Waals surface area contributed by atoms with Crippen molar-refractivity contribution in [3.05, 3.63) is 59.7 Å². The van der Waals surface area contributed by atoms with Crippen LogP contribution in [0.5, 0.6) is 0 Å². The van der Waals surface area contributed by atoms with Gasteiger partial charge in [0, 0.05) is 37.6 Å². The fourth-order valence-corrected chi connectivity index (χ4v) is 3.26. The lowest BCUT2D eigenvalue weighted by Crippen LogP contribution is -2.30. The molecule has 0 spiro atoms. The number of hydrogen-bond acceptors (Lipinski definition) is 6. The molecule has 0 saturated carbocycles. The maximum atomic E-state index is 12.8. The van der Waals surface area contributed by atoms with E-state index in [4.69, 9.17) is 20.6 Å². The molecule has 2 aromatic carbocycles. The van der Waals surface area contributed by atoms with Gasteiger partial charge < -0.3 is 20.1 Å².